The molecule has 6 atom stereocenters. The third kappa shape index (κ3) is 5.90. The van der Waals surface area contributed by atoms with Gasteiger partial charge in [0.1, 0.15) is 5.60 Å². The van der Waals surface area contributed by atoms with Gasteiger partial charge in [-0.15, -0.1) is 0 Å². The molecule has 0 bridgehead atoms. The molecule has 9 nitrogen and oxygen atoms in total. The zero-order valence-corrected chi connectivity index (χ0v) is 24.0. The molecule has 0 aliphatic heterocycles. The van der Waals surface area contributed by atoms with Crippen molar-refractivity contribution < 1.29 is 38.9 Å². The molecule has 0 aromatic rings. The first kappa shape index (κ1) is 30.4. The van der Waals surface area contributed by atoms with E-state index < -0.39 is 35.3 Å². The number of nitrogens with one attached hydrogen (secondary N) is 1. The van der Waals surface area contributed by atoms with Gasteiger partial charge in [0.05, 0.1) is 6.42 Å². The van der Waals surface area contributed by atoms with Crippen LogP contribution in [0.15, 0.2) is 11.6 Å². The molecule has 3 N–H and O–H groups in total. The lowest BCUT2D eigenvalue weighted by Crippen LogP contribution is -2.58. The van der Waals surface area contributed by atoms with E-state index in [0.717, 1.165) is 38.5 Å². The predicted molar refractivity (Wildman–Crippen MR) is 146 cm³/mol. The number of aliphatic hydroxyl groups is 1. The van der Waals surface area contributed by atoms with E-state index in [-0.39, 0.29) is 42.3 Å². The van der Waals surface area contributed by atoms with Crippen LogP contribution in [-0.4, -0.2) is 58.4 Å². The Morgan fingerprint density at radius 1 is 0.950 bits per heavy atom. The Labute approximate surface area is 236 Å². The standard InChI is InChI=1S/C31H45NO8/c1-29-14-11-21(33)18-20(29)7-8-22-23(29)12-15-30(2)24(22)13-16-31(30,39)25(34)19-40-28(38)10-9-26(35)32-17-5-3-4-6-27(36)37/h18,22-24,39H,3-17,19H2,1-2H3,(H,32,35)(H,36,37)/t22-,23-,24+,29+,30+,31+/m1/s1. The molecule has 9 heteroatoms. The molecule has 4 aliphatic rings. The highest BCUT2D eigenvalue weighted by atomic mass is 16.5. The number of rotatable bonds is 12. The molecule has 3 saturated carbocycles. The Bertz CT molecular complexity index is 1070. The van der Waals surface area contributed by atoms with Crippen LogP contribution in [0.2, 0.25) is 0 Å². The molecule has 40 heavy (non-hydrogen) atoms. The number of carboxylic acid groups (broad SMARTS) is 1. The maximum atomic E-state index is 13.3. The molecule has 0 radical (unpaired) electrons. The number of hydrogen-bond acceptors (Lipinski definition) is 7. The number of carbonyl (C=O) groups is 5. The third-order valence-electron chi connectivity index (χ3n) is 10.9. The summed E-state index contributed by atoms with van der Waals surface area (Å²) in [4.78, 5) is 60.2. The fourth-order valence-corrected chi connectivity index (χ4v) is 8.48. The van der Waals surface area contributed by atoms with Gasteiger partial charge in [0, 0.05) is 31.2 Å². The first-order valence-corrected chi connectivity index (χ1v) is 15.0. The van der Waals surface area contributed by atoms with Crippen molar-refractivity contribution in [2.24, 2.45) is 28.6 Å². The second-order valence-electron chi connectivity index (χ2n) is 13.0. The van der Waals surface area contributed by atoms with E-state index in [0.29, 0.717) is 50.5 Å². The molecular weight excluding hydrogens is 514 g/mol. The van der Waals surface area contributed by atoms with Crippen molar-refractivity contribution >= 4 is 29.4 Å². The normalized spacial score (nSPS) is 34.6. The Morgan fingerprint density at radius 2 is 1.70 bits per heavy atom. The molecule has 0 saturated heterocycles. The summed E-state index contributed by atoms with van der Waals surface area (Å²) in [6.45, 7) is 4.25. The summed E-state index contributed by atoms with van der Waals surface area (Å²) in [7, 11) is 0. The fourth-order valence-electron chi connectivity index (χ4n) is 8.48. The molecule has 0 spiro atoms. The minimum atomic E-state index is -1.54. The second kappa shape index (κ2) is 12.1. The average molecular weight is 560 g/mol. The Balaban J connectivity index is 1.25. The molecule has 0 heterocycles. The summed E-state index contributed by atoms with van der Waals surface area (Å²) in [5, 5.41) is 23.1. The third-order valence-corrected chi connectivity index (χ3v) is 10.9. The van der Waals surface area contributed by atoms with Crippen LogP contribution in [0.5, 0.6) is 0 Å². The van der Waals surface area contributed by atoms with Crippen molar-refractivity contribution in [3.05, 3.63) is 11.6 Å². The Hall–Kier alpha value is -2.55. The van der Waals surface area contributed by atoms with Crippen molar-refractivity contribution in [3.63, 3.8) is 0 Å². The van der Waals surface area contributed by atoms with Crippen LogP contribution >= 0.6 is 0 Å². The van der Waals surface area contributed by atoms with Gasteiger partial charge in [0.2, 0.25) is 11.7 Å². The molecule has 1 amide bonds. The molecule has 0 aromatic carbocycles. The Kier molecular flexibility index (Phi) is 9.22. The van der Waals surface area contributed by atoms with Crippen LogP contribution in [0.25, 0.3) is 0 Å². The van der Waals surface area contributed by atoms with Crippen LogP contribution in [0, 0.1) is 28.6 Å². The number of carboxylic acids is 1. The molecule has 222 valence electrons. The van der Waals surface area contributed by atoms with Crippen molar-refractivity contribution in [2.45, 2.75) is 109 Å². The summed E-state index contributed by atoms with van der Waals surface area (Å²) in [5.74, 6) is -0.962. The molecule has 0 unspecified atom stereocenters. The predicted octanol–water partition coefficient (Wildman–Crippen LogP) is 3.90. The van der Waals surface area contributed by atoms with E-state index in [1.165, 1.54) is 5.57 Å². The van der Waals surface area contributed by atoms with Crippen molar-refractivity contribution in [1.29, 1.82) is 0 Å². The summed E-state index contributed by atoms with van der Waals surface area (Å²) >= 11 is 0. The lowest BCUT2D eigenvalue weighted by atomic mass is 9.46. The van der Waals surface area contributed by atoms with E-state index in [1.54, 1.807) is 0 Å². The van der Waals surface area contributed by atoms with Crippen LogP contribution in [0.1, 0.15) is 104 Å². The van der Waals surface area contributed by atoms with E-state index in [9.17, 15) is 29.1 Å². The minimum Gasteiger partial charge on any atom is -0.481 e. The number of aliphatic carboxylic acids is 1. The zero-order chi connectivity index (χ0) is 29.1. The second-order valence-corrected chi connectivity index (χ2v) is 13.0. The van der Waals surface area contributed by atoms with Crippen LogP contribution in [0.3, 0.4) is 0 Å². The first-order chi connectivity index (χ1) is 18.9. The number of Topliss-reactive ketones (excluding diaryl/α,β-unsaturated/α-hetero) is 1. The van der Waals surface area contributed by atoms with Crippen molar-refractivity contribution in [2.75, 3.05) is 13.2 Å². The summed E-state index contributed by atoms with van der Waals surface area (Å²) in [5.41, 5.74) is -0.815. The summed E-state index contributed by atoms with van der Waals surface area (Å²) < 4.78 is 5.22. The van der Waals surface area contributed by atoms with Gasteiger partial charge in [-0.25, -0.2) is 0 Å². The minimum absolute atomic E-state index is 0.0189. The monoisotopic (exact) mass is 559 g/mol. The van der Waals surface area contributed by atoms with Crippen molar-refractivity contribution in [3.8, 4) is 0 Å². The quantitative estimate of drug-likeness (QED) is 0.241. The number of carbonyl (C=O) groups excluding carboxylic acids is 4. The smallest absolute Gasteiger partial charge is 0.306 e. The van der Waals surface area contributed by atoms with Gasteiger partial charge in [0.25, 0.3) is 0 Å². The summed E-state index contributed by atoms with van der Waals surface area (Å²) in [6, 6.07) is 0. The number of unbranched alkanes of at least 4 members (excludes halogenated alkanes) is 2. The van der Waals surface area contributed by atoms with E-state index in [1.807, 2.05) is 13.0 Å². The maximum absolute atomic E-state index is 13.3. The lowest BCUT2D eigenvalue weighted by molar-refractivity contribution is -0.170. The maximum Gasteiger partial charge on any atom is 0.306 e. The molecule has 4 aliphatic carbocycles. The van der Waals surface area contributed by atoms with Gasteiger partial charge >= 0.3 is 11.9 Å². The number of esters is 1. The van der Waals surface area contributed by atoms with Gasteiger partial charge in [0.15, 0.2) is 12.4 Å². The highest BCUT2D eigenvalue weighted by Crippen LogP contribution is 2.67. The zero-order valence-electron chi connectivity index (χ0n) is 24.0. The number of ketones is 2. The number of ether oxygens (including phenoxy) is 1. The van der Waals surface area contributed by atoms with E-state index in [2.05, 4.69) is 12.2 Å². The number of amides is 1. The molecule has 3 fully saturated rings. The highest BCUT2D eigenvalue weighted by Gasteiger charge is 2.66. The molecule has 4 rings (SSSR count). The number of fused-ring (bicyclic) bond motifs is 5. The van der Waals surface area contributed by atoms with E-state index >= 15 is 0 Å². The van der Waals surface area contributed by atoms with Crippen LogP contribution in [0.4, 0.5) is 0 Å². The van der Waals surface area contributed by atoms with Gasteiger partial charge in [-0.2, -0.15) is 0 Å². The average Bonchev–Trinajstić information content (AvgIpc) is 3.19. The van der Waals surface area contributed by atoms with Crippen LogP contribution < -0.4 is 5.32 Å². The van der Waals surface area contributed by atoms with E-state index in [4.69, 9.17) is 9.84 Å². The number of hydrogen-bond donors (Lipinski definition) is 3. The lowest BCUT2D eigenvalue weighted by Gasteiger charge is -2.58. The fraction of sp³-hybridized carbons (Fsp3) is 0.774. The summed E-state index contributed by atoms with van der Waals surface area (Å²) in [6.07, 6.45) is 9.79. The van der Waals surface area contributed by atoms with Gasteiger partial charge < -0.3 is 20.3 Å². The molecule has 0 aromatic heterocycles. The van der Waals surface area contributed by atoms with Crippen molar-refractivity contribution in [1.82, 2.24) is 5.32 Å². The Morgan fingerprint density at radius 3 is 2.45 bits per heavy atom. The highest BCUT2D eigenvalue weighted by molar-refractivity contribution is 5.92. The topological polar surface area (TPSA) is 147 Å². The largest absolute Gasteiger partial charge is 0.481 e. The van der Waals surface area contributed by atoms with Gasteiger partial charge in [-0.3, -0.25) is 24.0 Å². The molecular formula is C31H45NO8. The van der Waals surface area contributed by atoms with Crippen LogP contribution in [-0.2, 0) is 28.7 Å². The number of allylic oxidation sites excluding steroid dienone is 1. The SMILES string of the molecule is C[C@]12CCC(=O)C=C1CC[C@@H]1[C@H]2CC[C@@]2(C)[C@H]1CC[C@]2(O)C(=O)COC(=O)CCC(=O)NCCCCCC(=O)O. The van der Waals surface area contributed by atoms with Gasteiger partial charge in [-0.05, 0) is 87.0 Å². The van der Waals surface area contributed by atoms with Gasteiger partial charge in [-0.1, -0.05) is 25.8 Å². The first-order valence-electron chi connectivity index (χ1n) is 15.0.